The number of carbonyl (C=O) groups is 2. The lowest BCUT2D eigenvalue weighted by Gasteiger charge is -2.31. The van der Waals surface area contributed by atoms with Gasteiger partial charge < -0.3 is 14.8 Å². The maximum Gasteiger partial charge on any atom is 0.321 e. The van der Waals surface area contributed by atoms with E-state index in [1.165, 1.54) is 5.69 Å². The maximum atomic E-state index is 13.5. The van der Waals surface area contributed by atoms with Crippen LogP contribution in [0.5, 0.6) is 0 Å². The van der Waals surface area contributed by atoms with E-state index in [0.29, 0.717) is 18.7 Å². The fourth-order valence-corrected chi connectivity index (χ4v) is 4.33. The molecule has 4 rings (SSSR count). The van der Waals surface area contributed by atoms with Gasteiger partial charge in [0.2, 0.25) is 0 Å². The quantitative estimate of drug-likeness (QED) is 0.883. The van der Waals surface area contributed by atoms with Gasteiger partial charge in [-0.1, -0.05) is 18.9 Å². The summed E-state index contributed by atoms with van der Waals surface area (Å²) in [6.45, 7) is 2.16. The van der Waals surface area contributed by atoms with Gasteiger partial charge in [0.1, 0.15) is 0 Å². The van der Waals surface area contributed by atoms with Crippen LogP contribution in [0.2, 0.25) is 0 Å². The van der Waals surface area contributed by atoms with Crippen LogP contribution in [-0.4, -0.2) is 41.0 Å². The van der Waals surface area contributed by atoms with Gasteiger partial charge in [0.25, 0.3) is 5.91 Å². The summed E-state index contributed by atoms with van der Waals surface area (Å²) in [5.74, 6) is 0.0485. The van der Waals surface area contributed by atoms with E-state index in [2.05, 4.69) is 16.0 Å². The minimum atomic E-state index is -0.0905. The van der Waals surface area contributed by atoms with Gasteiger partial charge in [-0.2, -0.15) is 0 Å². The van der Waals surface area contributed by atoms with E-state index in [1.54, 1.807) is 4.90 Å². The van der Waals surface area contributed by atoms with Crippen LogP contribution >= 0.6 is 0 Å². The number of likely N-dealkylation sites (tertiary alicyclic amines) is 1. The van der Waals surface area contributed by atoms with Crippen molar-refractivity contribution in [3.63, 3.8) is 0 Å². The van der Waals surface area contributed by atoms with Crippen molar-refractivity contribution in [3.8, 4) is 0 Å². The van der Waals surface area contributed by atoms with Crippen LogP contribution in [0.15, 0.2) is 42.6 Å². The van der Waals surface area contributed by atoms with E-state index >= 15 is 0 Å². The molecule has 3 amide bonds. The van der Waals surface area contributed by atoms with E-state index in [-0.39, 0.29) is 18.0 Å². The lowest BCUT2D eigenvalue weighted by molar-refractivity contribution is 0.0674. The number of nitrogens with one attached hydrogen (secondary N) is 1. The van der Waals surface area contributed by atoms with Gasteiger partial charge in [-0.25, -0.2) is 4.79 Å². The van der Waals surface area contributed by atoms with Crippen LogP contribution in [0.4, 0.5) is 10.5 Å². The second kappa shape index (κ2) is 8.09. The first-order valence-electron chi connectivity index (χ1n) is 10.2. The van der Waals surface area contributed by atoms with E-state index < -0.39 is 0 Å². The zero-order valence-electron chi connectivity index (χ0n) is 16.4. The zero-order chi connectivity index (χ0) is 19.5. The number of rotatable bonds is 3. The van der Waals surface area contributed by atoms with Crippen molar-refractivity contribution in [1.82, 2.24) is 14.8 Å². The Morgan fingerprint density at radius 2 is 1.96 bits per heavy atom. The molecule has 0 radical (unpaired) electrons. The molecule has 28 heavy (non-hydrogen) atoms. The van der Waals surface area contributed by atoms with Crippen LogP contribution in [0.25, 0.3) is 0 Å². The lowest BCUT2D eigenvalue weighted by Crippen LogP contribution is -2.46. The van der Waals surface area contributed by atoms with Crippen molar-refractivity contribution in [3.05, 3.63) is 53.9 Å². The van der Waals surface area contributed by atoms with Crippen molar-refractivity contribution in [2.24, 2.45) is 7.05 Å². The summed E-state index contributed by atoms with van der Waals surface area (Å²) in [6, 6.07) is 11.7. The van der Waals surface area contributed by atoms with Gasteiger partial charge in [-0.05, 0) is 49.6 Å². The summed E-state index contributed by atoms with van der Waals surface area (Å²) in [6.07, 6.45) is 7.25. The molecule has 0 spiro atoms. The first kappa shape index (κ1) is 18.6. The Labute approximate surface area is 166 Å². The van der Waals surface area contributed by atoms with Gasteiger partial charge in [0.15, 0.2) is 0 Å². The number of hydrogen-bond acceptors (Lipinski definition) is 2. The molecule has 2 saturated heterocycles. The minimum Gasteiger partial charge on any atom is -0.353 e. The second-order valence-electron chi connectivity index (χ2n) is 7.70. The highest BCUT2D eigenvalue weighted by molar-refractivity contribution is 5.98. The molecule has 148 valence electrons. The molecular weight excluding hydrogens is 352 g/mol. The molecule has 1 N–H and O–H groups in total. The maximum absolute atomic E-state index is 13.5. The third-order valence-electron chi connectivity index (χ3n) is 5.82. The van der Waals surface area contributed by atoms with Crippen LogP contribution in [-0.2, 0) is 7.05 Å². The fraction of sp³-hybridized carbons (Fsp3) is 0.455. The number of nitrogens with zero attached hydrogens (tertiary/aromatic N) is 3. The Bertz CT molecular complexity index is 860. The Balaban J connectivity index is 1.62. The van der Waals surface area contributed by atoms with E-state index in [0.717, 1.165) is 44.3 Å². The van der Waals surface area contributed by atoms with E-state index in [9.17, 15) is 9.59 Å². The number of benzene rings is 1. The summed E-state index contributed by atoms with van der Waals surface area (Å²) in [4.78, 5) is 29.4. The normalized spacial score (nSPS) is 20.6. The Kier molecular flexibility index (Phi) is 5.37. The van der Waals surface area contributed by atoms with Crippen molar-refractivity contribution in [1.29, 1.82) is 0 Å². The molecule has 2 aliphatic heterocycles. The van der Waals surface area contributed by atoms with Gasteiger partial charge in [-0.15, -0.1) is 0 Å². The van der Waals surface area contributed by atoms with E-state index in [4.69, 9.17) is 0 Å². The fourth-order valence-electron chi connectivity index (χ4n) is 4.33. The molecule has 1 atom stereocenters. The van der Waals surface area contributed by atoms with Crippen molar-refractivity contribution in [2.45, 2.75) is 38.1 Å². The molecule has 1 aromatic heterocycles. The predicted octanol–water partition coefficient (Wildman–Crippen LogP) is 3.70. The van der Waals surface area contributed by atoms with Crippen LogP contribution < -0.4 is 10.2 Å². The number of carbonyl (C=O) groups excluding carboxylic acids is 2. The largest absolute Gasteiger partial charge is 0.353 e. The second-order valence-corrected chi connectivity index (χ2v) is 7.70. The highest BCUT2D eigenvalue weighted by Gasteiger charge is 2.29. The Morgan fingerprint density at radius 3 is 2.75 bits per heavy atom. The minimum absolute atomic E-state index is 0.0485. The van der Waals surface area contributed by atoms with Crippen LogP contribution in [0.1, 0.15) is 54.2 Å². The van der Waals surface area contributed by atoms with Crippen molar-refractivity contribution < 1.29 is 9.59 Å². The van der Waals surface area contributed by atoms with Gasteiger partial charge >= 0.3 is 6.03 Å². The topological polar surface area (TPSA) is 57.6 Å². The highest BCUT2D eigenvalue weighted by Crippen LogP contribution is 2.32. The Hall–Kier alpha value is -2.76. The number of urea groups is 1. The molecular formula is C22H28N4O2. The number of hydrogen-bond donors (Lipinski definition) is 1. The first-order chi connectivity index (χ1) is 13.6. The molecule has 6 nitrogen and oxygen atoms in total. The first-order valence-corrected chi connectivity index (χ1v) is 10.2. The molecule has 0 bridgehead atoms. The summed E-state index contributed by atoms with van der Waals surface area (Å²) in [7, 11) is 2.04. The summed E-state index contributed by atoms with van der Waals surface area (Å²) in [5.41, 5.74) is 2.62. The standard InChI is InChI=1S/C22H28N4O2/c1-24-13-6-11-19(24)20-10-3-2-4-14-26(20)21(27)17-8-5-9-18(16-17)25-15-7-12-23-22(25)28/h5-6,8-9,11,13,16,20H,2-4,7,10,12,14-15H2,1H3,(H,23,28)/t20-/m0/s1. The smallest absolute Gasteiger partial charge is 0.321 e. The molecule has 3 heterocycles. The van der Waals surface area contributed by atoms with Gasteiger partial charge in [-0.3, -0.25) is 9.69 Å². The summed E-state index contributed by atoms with van der Waals surface area (Å²) < 4.78 is 2.12. The SMILES string of the molecule is Cn1cccc1[C@@H]1CCCCCN1C(=O)c1cccc(N2CCCNC2=O)c1. The average molecular weight is 380 g/mol. The van der Waals surface area contributed by atoms with Gasteiger partial charge in [0, 0.05) is 49.8 Å². The lowest BCUT2D eigenvalue weighted by atomic mass is 10.0. The monoisotopic (exact) mass is 380 g/mol. The Morgan fingerprint density at radius 1 is 1.07 bits per heavy atom. The van der Waals surface area contributed by atoms with Gasteiger partial charge in [0.05, 0.1) is 6.04 Å². The summed E-state index contributed by atoms with van der Waals surface area (Å²) >= 11 is 0. The van der Waals surface area contributed by atoms with E-state index in [1.807, 2.05) is 48.5 Å². The van der Waals surface area contributed by atoms with Crippen molar-refractivity contribution >= 4 is 17.6 Å². The van der Waals surface area contributed by atoms with Crippen LogP contribution in [0.3, 0.4) is 0 Å². The molecule has 0 unspecified atom stereocenters. The van der Waals surface area contributed by atoms with Crippen molar-refractivity contribution in [2.75, 3.05) is 24.5 Å². The van der Waals surface area contributed by atoms with Crippen LogP contribution in [0, 0.1) is 0 Å². The molecule has 0 aliphatic carbocycles. The third kappa shape index (κ3) is 3.63. The third-order valence-corrected chi connectivity index (χ3v) is 5.82. The number of amides is 3. The average Bonchev–Trinajstić information content (AvgIpc) is 2.99. The predicted molar refractivity (Wildman–Crippen MR) is 109 cm³/mol. The molecule has 2 aromatic rings. The molecule has 2 aliphatic rings. The number of aryl methyl sites for hydroxylation is 1. The zero-order valence-corrected chi connectivity index (χ0v) is 16.4. The summed E-state index contributed by atoms with van der Waals surface area (Å²) in [5, 5.41) is 2.87. The number of aromatic nitrogens is 1. The molecule has 6 heteroatoms. The molecule has 0 saturated carbocycles. The molecule has 2 fully saturated rings. The number of anilines is 1. The molecule has 1 aromatic carbocycles. The highest BCUT2D eigenvalue weighted by atomic mass is 16.2.